The minimum atomic E-state index is -0.249. The number of nitrogens with zero attached hydrogens (tertiary/aromatic N) is 4. The number of fused-ring (bicyclic) bond motifs is 2. The Balaban J connectivity index is 1.58. The third kappa shape index (κ3) is 2.66. The Morgan fingerprint density at radius 3 is 2.74 bits per heavy atom. The van der Waals surface area contributed by atoms with Crippen molar-refractivity contribution in [3.63, 3.8) is 0 Å². The van der Waals surface area contributed by atoms with Crippen molar-refractivity contribution in [1.82, 2.24) is 24.8 Å². The lowest BCUT2D eigenvalue weighted by Gasteiger charge is -2.33. The maximum absolute atomic E-state index is 12.6. The molecule has 4 aromatic rings. The normalized spacial score (nSPS) is 15.8. The molecule has 4 N–H and O–H groups in total. The van der Waals surface area contributed by atoms with Gasteiger partial charge in [-0.3, -0.25) is 4.79 Å². The van der Waals surface area contributed by atoms with Crippen LogP contribution in [0.1, 0.15) is 0 Å². The Morgan fingerprint density at radius 1 is 1.11 bits per heavy atom. The molecule has 0 radical (unpaired) electrons. The summed E-state index contributed by atoms with van der Waals surface area (Å²) >= 11 is 1.45. The minimum absolute atomic E-state index is 0.249. The van der Waals surface area contributed by atoms with Gasteiger partial charge in [-0.05, 0) is 30.6 Å². The molecule has 1 saturated heterocycles. The molecule has 0 spiro atoms. The van der Waals surface area contributed by atoms with Crippen LogP contribution in [-0.2, 0) is 0 Å². The number of nitrogens with one attached hydrogen (secondary N) is 2. The quantitative estimate of drug-likeness (QED) is 0.489. The molecular weight excluding hydrogens is 362 g/mol. The van der Waals surface area contributed by atoms with Gasteiger partial charge in [0.2, 0.25) is 0 Å². The number of hydrogen-bond acceptors (Lipinski definition) is 7. The number of nitrogens with two attached hydrogens (primary N) is 1. The number of pyridine rings is 2. The Labute approximate surface area is 158 Å². The topological polar surface area (TPSA) is 107 Å². The zero-order valence-electron chi connectivity index (χ0n) is 14.8. The predicted octanol–water partition coefficient (Wildman–Crippen LogP) is 1.86. The summed E-state index contributed by atoms with van der Waals surface area (Å²) in [6.45, 7) is 3.90. The van der Waals surface area contributed by atoms with Gasteiger partial charge in [-0.25, -0.2) is 9.97 Å². The van der Waals surface area contributed by atoms with E-state index < -0.39 is 0 Å². The van der Waals surface area contributed by atoms with Crippen molar-refractivity contribution in [2.45, 2.75) is 0 Å². The lowest BCUT2D eigenvalue weighted by Crippen LogP contribution is -2.44. The lowest BCUT2D eigenvalue weighted by atomic mass is 10.2. The fourth-order valence-electron chi connectivity index (χ4n) is 3.49. The maximum Gasteiger partial charge on any atom is 0.262 e. The Bertz CT molecular complexity index is 1200. The first-order valence-corrected chi connectivity index (χ1v) is 9.68. The Morgan fingerprint density at radius 2 is 1.93 bits per heavy atom. The van der Waals surface area contributed by atoms with E-state index in [-0.39, 0.29) is 5.56 Å². The highest BCUT2D eigenvalue weighted by Gasteiger charge is 2.19. The molecule has 5 heterocycles. The number of imidazole rings is 1. The molecule has 0 amide bonds. The molecule has 0 aliphatic carbocycles. The average molecular weight is 381 g/mol. The average Bonchev–Trinajstić information content (AvgIpc) is 3.28. The van der Waals surface area contributed by atoms with Gasteiger partial charge in [-0.2, -0.15) is 0 Å². The Hall–Kier alpha value is -2.91. The zero-order chi connectivity index (χ0) is 18.5. The van der Waals surface area contributed by atoms with Gasteiger partial charge in [0.05, 0.1) is 11.2 Å². The maximum atomic E-state index is 12.6. The van der Waals surface area contributed by atoms with Crippen molar-refractivity contribution >= 4 is 44.2 Å². The van der Waals surface area contributed by atoms with Crippen LogP contribution >= 0.6 is 11.3 Å². The molecule has 1 aliphatic heterocycles. The number of H-pyrrole nitrogens is 2. The molecule has 1 fully saturated rings. The molecule has 0 atom stereocenters. The fraction of sp³-hybridized carbons (Fsp3) is 0.278. The van der Waals surface area contributed by atoms with E-state index in [1.807, 2.05) is 23.6 Å². The molecule has 1 aliphatic rings. The standard InChI is InChI=1S/C18H19N7OS/c1-24-5-7-25(8-6-24)12-3-2-11-15(21-12)22-16(20-11)13-14(19)10-4-9-27-18(10)23-17(13)26/h2-4,9H,5-8H2,1H3,(H3,19,23,26)(H,20,21,22). The molecule has 0 saturated carbocycles. The molecule has 27 heavy (non-hydrogen) atoms. The van der Waals surface area contributed by atoms with Gasteiger partial charge in [0, 0.05) is 31.6 Å². The number of anilines is 2. The van der Waals surface area contributed by atoms with Crippen LogP contribution in [0.3, 0.4) is 0 Å². The van der Waals surface area contributed by atoms with E-state index in [2.05, 4.69) is 31.8 Å². The van der Waals surface area contributed by atoms with Crippen LogP contribution in [0.15, 0.2) is 28.4 Å². The highest BCUT2D eigenvalue weighted by atomic mass is 32.1. The summed E-state index contributed by atoms with van der Waals surface area (Å²) in [4.78, 5) is 33.2. The van der Waals surface area contributed by atoms with Crippen molar-refractivity contribution in [1.29, 1.82) is 0 Å². The summed E-state index contributed by atoms with van der Waals surface area (Å²) in [5.41, 5.74) is 8.19. The third-order valence-electron chi connectivity index (χ3n) is 5.07. The molecule has 138 valence electrons. The monoisotopic (exact) mass is 381 g/mol. The van der Waals surface area contributed by atoms with E-state index in [4.69, 9.17) is 10.7 Å². The van der Waals surface area contributed by atoms with Gasteiger partial charge in [-0.1, -0.05) is 0 Å². The van der Waals surface area contributed by atoms with Gasteiger partial charge in [-0.15, -0.1) is 11.3 Å². The number of likely N-dealkylation sites (N-methyl/N-ethyl adjacent to an activating group) is 1. The molecule has 9 heteroatoms. The summed E-state index contributed by atoms with van der Waals surface area (Å²) in [7, 11) is 2.13. The highest BCUT2D eigenvalue weighted by Crippen LogP contribution is 2.30. The van der Waals surface area contributed by atoms with Crippen LogP contribution in [0.2, 0.25) is 0 Å². The lowest BCUT2D eigenvalue weighted by molar-refractivity contribution is 0.312. The molecule has 5 rings (SSSR count). The van der Waals surface area contributed by atoms with E-state index in [0.29, 0.717) is 22.7 Å². The van der Waals surface area contributed by atoms with Crippen molar-refractivity contribution < 1.29 is 0 Å². The van der Waals surface area contributed by atoms with Crippen LogP contribution in [0.5, 0.6) is 0 Å². The smallest absolute Gasteiger partial charge is 0.262 e. The Kier molecular flexibility index (Phi) is 3.66. The second kappa shape index (κ2) is 6.07. The summed E-state index contributed by atoms with van der Waals surface area (Å²) in [5, 5.41) is 2.74. The highest BCUT2D eigenvalue weighted by molar-refractivity contribution is 7.16. The number of aromatic nitrogens is 4. The number of nitrogen functional groups attached to an aromatic ring is 1. The largest absolute Gasteiger partial charge is 0.397 e. The van der Waals surface area contributed by atoms with Crippen LogP contribution in [-0.4, -0.2) is 58.1 Å². The molecule has 0 aromatic carbocycles. The third-order valence-corrected chi connectivity index (χ3v) is 5.90. The van der Waals surface area contributed by atoms with Gasteiger partial charge in [0.25, 0.3) is 5.56 Å². The van der Waals surface area contributed by atoms with Crippen LogP contribution in [0, 0.1) is 0 Å². The van der Waals surface area contributed by atoms with E-state index in [9.17, 15) is 4.79 Å². The summed E-state index contributed by atoms with van der Waals surface area (Å²) < 4.78 is 0. The van der Waals surface area contributed by atoms with Crippen LogP contribution in [0.4, 0.5) is 11.5 Å². The van der Waals surface area contributed by atoms with Gasteiger partial charge < -0.3 is 25.5 Å². The molecule has 0 bridgehead atoms. The number of thiophene rings is 1. The van der Waals surface area contributed by atoms with E-state index in [0.717, 1.165) is 47.7 Å². The second-order valence-electron chi connectivity index (χ2n) is 6.82. The van der Waals surface area contributed by atoms with Gasteiger partial charge in [0.15, 0.2) is 5.65 Å². The first-order chi connectivity index (χ1) is 13.1. The predicted molar refractivity (Wildman–Crippen MR) is 109 cm³/mol. The van der Waals surface area contributed by atoms with Gasteiger partial charge >= 0.3 is 0 Å². The number of rotatable bonds is 2. The zero-order valence-corrected chi connectivity index (χ0v) is 15.6. The SMILES string of the molecule is CN1CCN(c2ccc3[nH]c(-c4c(N)c5ccsc5[nH]c4=O)nc3n2)CC1. The number of hydrogen-bond donors (Lipinski definition) is 3. The van der Waals surface area contributed by atoms with Crippen LogP contribution < -0.4 is 16.2 Å². The number of piperazine rings is 1. The molecule has 8 nitrogen and oxygen atoms in total. The van der Waals surface area contributed by atoms with Crippen LogP contribution in [0.25, 0.3) is 32.8 Å². The van der Waals surface area contributed by atoms with Crippen molar-refractivity contribution in [2.75, 3.05) is 43.9 Å². The van der Waals surface area contributed by atoms with Gasteiger partial charge in [0.1, 0.15) is 22.0 Å². The van der Waals surface area contributed by atoms with Crippen molar-refractivity contribution in [3.05, 3.63) is 33.9 Å². The summed E-state index contributed by atoms with van der Waals surface area (Å²) in [6, 6.07) is 5.85. The first-order valence-electron chi connectivity index (χ1n) is 8.80. The van der Waals surface area contributed by atoms with Crippen molar-refractivity contribution in [2.24, 2.45) is 0 Å². The minimum Gasteiger partial charge on any atom is -0.397 e. The fourth-order valence-corrected chi connectivity index (χ4v) is 4.29. The van der Waals surface area contributed by atoms with Crippen molar-refractivity contribution in [3.8, 4) is 11.4 Å². The number of aromatic amines is 2. The molecule has 4 aromatic heterocycles. The van der Waals surface area contributed by atoms with E-state index in [1.165, 1.54) is 11.3 Å². The van der Waals surface area contributed by atoms with E-state index >= 15 is 0 Å². The molecular formula is C18H19N7OS. The molecule has 0 unspecified atom stereocenters. The first kappa shape index (κ1) is 16.3. The summed E-state index contributed by atoms with van der Waals surface area (Å²) in [5.74, 6) is 1.35. The second-order valence-corrected chi connectivity index (χ2v) is 7.74. The van der Waals surface area contributed by atoms with E-state index in [1.54, 1.807) is 0 Å². The summed E-state index contributed by atoms with van der Waals surface area (Å²) in [6.07, 6.45) is 0.